The van der Waals surface area contributed by atoms with Gasteiger partial charge in [0.25, 0.3) is 0 Å². The van der Waals surface area contributed by atoms with Crippen molar-refractivity contribution in [1.29, 1.82) is 0 Å². The summed E-state index contributed by atoms with van der Waals surface area (Å²) in [5, 5.41) is 2.86. The molecule has 7 atom stereocenters. The lowest BCUT2D eigenvalue weighted by Crippen LogP contribution is -2.54. The number of rotatable bonds is 15. The number of alkyl carbamates (subject to hydrolysis) is 1. The Morgan fingerprint density at radius 3 is 2.25 bits per heavy atom. The summed E-state index contributed by atoms with van der Waals surface area (Å²) in [7, 11) is 1.62. The van der Waals surface area contributed by atoms with Crippen LogP contribution in [0.3, 0.4) is 0 Å². The molecule has 0 saturated carbocycles. The van der Waals surface area contributed by atoms with Gasteiger partial charge in [0.1, 0.15) is 6.10 Å². The van der Waals surface area contributed by atoms with Crippen molar-refractivity contribution >= 4 is 12.1 Å². The standard InChI is InChI=1S/C24H45NO7/c1-10-16(6)29-20(12-3)30-18(13-14-28-9)17(7)22(26)31-19(11-2)24(8)21(15(4)5)25-23(27)32-24/h15-21H,10-14H2,1-9H3,(H,25,27)/t16?,17?,18-,19+,20-,21?,24+/m0/s1. The molecule has 1 heterocycles. The molecule has 1 fully saturated rings. The average Bonchev–Trinajstić information content (AvgIpc) is 3.08. The second kappa shape index (κ2) is 13.4. The van der Waals surface area contributed by atoms with E-state index in [1.807, 2.05) is 41.5 Å². The number of carbonyl (C=O) groups is 2. The lowest BCUT2D eigenvalue weighted by atomic mass is 9.83. The largest absolute Gasteiger partial charge is 0.458 e. The van der Waals surface area contributed by atoms with E-state index in [1.165, 1.54) is 0 Å². The first kappa shape index (κ1) is 28.7. The number of esters is 1. The van der Waals surface area contributed by atoms with E-state index in [1.54, 1.807) is 14.0 Å². The minimum Gasteiger partial charge on any atom is -0.458 e. The molecular weight excluding hydrogens is 414 g/mol. The van der Waals surface area contributed by atoms with Crippen LogP contribution in [-0.4, -0.2) is 62.0 Å². The van der Waals surface area contributed by atoms with Crippen LogP contribution in [0.15, 0.2) is 0 Å². The third kappa shape index (κ3) is 7.59. The lowest BCUT2D eigenvalue weighted by molar-refractivity contribution is -0.211. The van der Waals surface area contributed by atoms with Gasteiger partial charge in [-0.05, 0) is 52.4 Å². The highest BCUT2D eigenvalue weighted by atomic mass is 16.7. The molecular formula is C24H45NO7. The Bertz CT molecular complexity index is 585. The average molecular weight is 460 g/mol. The van der Waals surface area contributed by atoms with Gasteiger partial charge in [-0.15, -0.1) is 0 Å². The monoisotopic (exact) mass is 459 g/mol. The SMILES string of the molecule is CCC(C)O[C@H](CC)O[C@@H](CCOC)C(C)C(=O)O[C@H](CC)[C@@]1(C)OC(=O)NC1C(C)C. The maximum Gasteiger partial charge on any atom is 0.408 e. The highest BCUT2D eigenvalue weighted by Crippen LogP contribution is 2.34. The first-order chi connectivity index (χ1) is 15.0. The lowest BCUT2D eigenvalue weighted by Gasteiger charge is -2.38. The number of carbonyl (C=O) groups excluding carboxylic acids is 2. The fraction of sp³-hybridized carbons (Fsp3) is 0.917. The van der Waals surface area contributed by atoms with Gasteiger partial charge in [0.2, 0.25) is 0 Å². The fourth-order valence-corrected chi connectivity index (χ4v) is 4.11. The molecule has 1 aliphatic heterocycles. The molecule has 3 unspecified atom stereocenters. The van der Waals surface area contributed by atoms with Gasteiger partial charge in [-0.3, -0.25) is 4.79 Å². The van der Waals surface area contributed by atoms with Crippen molar-refractivity contribution in [3.8, 4) is 0 Å². The Morgan fingerprint density at radius 2 is 1.75 bits per heavy atom. The minimum atomic E-state index is -0.941. The topological polar surface area (TPSA) is 92.3 Å². The van der Waals surface area contributed by atoms with Crippen molar-refractivity contribution in [3.05, 3.63) is 0 Å². The first-order valence-electron chi connectivity index (χ1n) is 12.0. The molecule has 0 bridgehead atoms. The Hall–Kier alpha value is -1.38. The molecule has 1 rings (SSSR count). The summed E-state index contributed by atoms with van der Waals surface area (Å²) in [4.78, 5) is 25.2. The minimum absolute atomic E-state index is 0.0622. The van der Waals surface area contributed by atoms with Crippen molar-refractivity contribution in [2.45, 2.75) is 117 Å². The molecule has 0 spiro atoms. The van der Waals surface area contributed by atoms with E-state index in [-0.39, 0.29) is 24.0 Å². The zero-order valence-corrected chi connectivity index (χ0v) is 21.4. The Kier molecular flexibility index (Phi) is 12.0. The number of ether oxygens (including phenoxy) is 5. The summed E-state index contributed by atoms with van der Waals surface area (Å²) in [6, 6.07) is -0.253. The zero-order chi connectivity index (χ0) is 24.5. The van der Waals surface area contributed by atoms with Crippen LogP contribution in [0.5, 0.6) is 0 Å². The van der Waals surface area contributed by atoms with Crippen LogP contribution < -0.4 is 5.32 Å². The molecule has 188 valence electrons. The smallest absolute Gasteiger partial charge is 0.408 e. The predicted octanol–water partition coefficient (Wildman–Crippen LogP) is 4.44. The second-order valence-corrected chi connectivity index (χ2v) is 9.21. The number of hydrogen-bond acceptors (Lipinski definition) is 7. The molecule has 0 aromatic carbocycles. The van der Waals surface area contributed by atoms with Gasteiger partial charge < -0.3 is 29.0 Å². The van der Waals surface area contributed by atoms with E-state index >= 15 is 0 Å². The maximum atomic E-state index is 13.2. The molecule has 1 saturated heterocycles. The summed E-state index contributed by atoms with van der Waals surface area (Å²) in [5.41, 5.74) is -0.941. The second-order valence-electron chi connectivity index (χ2n) is 9.21. The van der Waals surface area contributed by atoms with E-state index in [4.69, 9.17) is 23.7 Å². The molecule has 0 radical (unpaired) electrons. The molecule has 8 heteroatoms. The molecule has 32 heavy (non-hydrogen) atoms. The Labute approximate surface area is 194 Å². The number of cyclic esters (lactones) is 1. The van der Waals surface area contributed by atoms with Gasteiger partial charge in [-0.25, -0.2) is 4.79 Å². The van der Waals surface area contributed by atoms with Crippen molar-refractivity contribution in [3.63, 3.8) is 0 Å². The fourth-order valence-electron chi connectivity index (χ4n) is 4.11. The van der Waals surface area contributed by atoms with Gasteiger partial charge in [0.05, 0.1) is 24.2 Å². The number of hydrogen-bond donors (Lipinski definition) is 1. The molecule has 0 aromatic rings. The summed E-state index contributed by atoms with van der Waals surface area (Å²) >= 11 is 0. The van der Waals surface area contributed by atoms with Crippen molar-refractivity contribution in [2.75, 3.05) is 13.7 Å². The summed E-state index contributed by atoms with van der Waals surface area (Å²) < 4.78 is 29.0. The normalized spacial score (nSPS) is 25.6. The van der Waals surface area contributed by atoms with Crippen LogP contribution in [0.25, 0.3) is 0 Å². The van der Waals surface area contributed by atoms with Crippen LogP contribution in [0.4, 0.5) is 4.79 Å². The van der Waals surface area contributed by atoms with Crippen LogP contribution in [-0.2, 0) is 28.5 Å². The van der Waals surface area contributed by atoms with Crippen LogP contribution >= 0.6 is 0 Å². The first-order valence-corrected chi connectivity index (χ1v) is 12.0. The van der Waals surface area contributed by atoms with E-state index in [0.29, 0.717) is 25.9 Å². The number of amides is 1. The third-order valence-corrected chi connectivity index (χ3v) is 6.29. The van der Waals surface area contributed by atoms with Crippen LogP contribution in [0.2, 0.25) is 0 Å². The maximum absolute atomic E-state index is 13.2. The molecule has 0 aromatic heterocycles. The van der Waals surface area contributed by atoms with Gasteiger partial charge >= 0.3 is 12.1 Å². The Morgan fingerprint density at radius 1 is 1.09 bits per heavy atom. The number of nitrogens with one attached hydrogen (secondary N) is 1. The van der Waals surface area contributed by atoms with Gasteiger partial charge in [0, 0.05) is 13.7 Å². The van der Waals surface area contributed by atoms with E-state index in [0.717, 1.165) is 6.42 Å². The summed E-state index contributed by atoms with van der Waals surface area (Å²) in [6.07, 6.45) is 0.765. The quantitative estimate of drug-likeness (QED) is 0.286. The summed E-state index contributed by atoms with van der Waals surface area (Å²) in [5.74, 6) is -0.805. The van der Waals surface area contributed by atoms with Gasteiger partial charge in [-0.1, -0.05) is 34.6 Å². The predicted molar refractivity (Wildman–Crippen MR) is 122 cm³/mol. The van der Waals surface area contributed by atoms with Gasteiger partial charge in [-0.2, -0.15) is 0 Å². The highest BCUT2D eigenvalue weighted by Gasteiger charge is 2.53. The van der Waals surface area contributed by atoms with E-state index in [2.05, 4.69) is 12.2 Å². The van der Waals surface area contributed by atoms with Crippen molar-refractivity contribution < 1.29 is 33.3 Å². The Balaban J connectivity index is 2.95. The van der Waals surface area contributed by atoms with Gasteiger partial charge in [0.15, 0.2) is 11.9 Å². The molecule has 1 N–H and O–H groups in total. The van der Waals surface area contributed by atoms with Crippen LogP contribution in [0, 0.1) is 11.8 Å². The zero-order valence-electron chi connectivity index (χ0n) is 21.4. The number of methoxy groups -OCH3 is 1. The molecule has 0 aliphatic carbocycles. The van der Waals surface area contributed by atoms with E-state index in [9.17, 15) is 9.59 Å². The molecule has 1 amide bonds. The highest BCUT2D eigenvalue weighted by molar-refractivity contribution is 5.74. The molecule has 1 aliphatic rings. The third-order valence-electron chi connectivity index (χ3n) is 6.29. The summed E-state index contributed by atoms with van der Waals surface area (Å²) in [6.45, 7) is 16.1. The molecule has 8 nitrogen and oxygen atoms in total. The van der Waals surface area contributed by atoms with Crippen molar-refractivity contribution in [1.82, 2.24) is 5.32 Å². The van der Waals surface area contributed by atoms with E-state index < -0.39 is 36.1 Å². The van der Waals surface area contributed by atoms with Crippen molar-refractivity contribution in [2.24, 2.45) is 11.8 Å². The van der Waals surface area contributed by atoms with Crippen LogP contribution in [0.1, 0.15) is 81.1 Å².